The van der Waals surface area contributed by atoms with Crippen LogP contribution in [0.3, 0.4) is 0 Å². The summed E-state index contributed by atoms with van der Waals surface area (Å²) in [6.07, 6.45) is 1.08. The maximum absolute atomic E-state index is 10.6. The van der Waals surface area contributed by atoms with Gasteiger partial charge >= 0.3 is 0 Å². The lowest BCUT2D eigenvalue weighted by molar-refractivity contribution is 0.0665. The lowest BCUT2D eigenvalue weighted by atomic mass is 9.89. The zero-order valence-electron chi connectivity index (χ0n) is 14.4. The second-order valence-corrected chi connectivity index (χ2v) is 6.16. The fourth-order valence-corrected chi connectivity index (χ4v) is 2.90. The molecule has 5 nitrogen and oxygen atoms in total. The van der Waals surface area contributed by atoms with Crippen molar-refractivity contribution < 1.29 is 25.2 Å². The molecule has 0 aromatic heterocycles. The van der Waals surface area contributed by atoms with Gasteiger partial charge < -0.3 is 25.2 Å². The minimum atomic E-state index is -0.843. The number of hydrogen-bond acceptors (Lipinski definition) is 5. The molecule has 2 unspecified atom stereocenters. The number of phenolic OH excluding ortho intramolecular Hbond substituents is 1. The summed E-state index contributed by atoms with van der Waals surface area (Å²) in [5.41, 5.74) is 2.64. The summed E-state index contributed by atoms with van der Waals surface area (Å²) < 4.78 is 5.45. The highest BCUT2D eigenvalue weighted by atomic mass is 16.5. The normalized spacial score (nSPS) is 13.4. The van der Waals surface area contributed by atoms with E-state index in [9.17, 15) is 15.3 Å². The van der Waals surface area contributed by atoms with Gasteiger partial charge in [0.25, 0.3) is 0 Å². The number of methoxy groups -OCH3 is 1. The fraction of sp³-hybridized carbons (Fsp3) is 0.400. The smallest absolute Gasteiger partial charge is 0.122 e. The van der Waals surface area contributed by atoms with Gasteiger partial charge in [0.05, 0.1) is 13.2 Å². The van der Waals surface area contributed by atoms with Gasteiger partial charge in [-0.25, -0.2) is 0 Å². The highest BCUT2D eigenvalue weighted by molar-refractivity contribution is 5.38. The van der Waals surface area contributed by atoms with Crippen LogP contribution < -0.4 is 4.74 Å². The van der Waals surface area contributed by atoms with Gasteiger partial charge in [-0.2, -0.15) is 0 Å². The lowest BCUT2D eigenvalue weighted by Crippen LogP contribution is -2.19. The molecule has 25 heavy (non-hydrogen) atoms. The van der Waals surface area contributed by atoms with Gasteiger partial charge in [0, 0.05) is 19.1 Å². The van der Waals surface area contributed by atoms with Crippen molar-refractivity contribution in [1.82, 2.24) is 0 Å². The van der Waals surface area contributed by atoms with Crippen molar-refractivity contribution in [1.29, 1.82) is 0 Å². The van der Waals surface area contributed by atoms with Gasteiger partial charge in [0.1, 0.15) is 11.5 Å². The monoisotopic (exact) mass is 346 g/mol. The summed E-state index contributed by atoms with van der Waals surface area (Å²) in [4.78, 5) is 0. The third kappa shape index (κ3) is 5.19. The molecule has 4 N–H and O–H groups in total. The van der Waals surface area contributed by atoms with Crippen LogP contribution in [0.15, 0.2) is 42.5 Å². The van der Waals surface area contributed by atoms with E-state index in [1.165, 1.54) is 12.1 Å². The topological polar surface area (TPSA) is 90.2 Å². The first-order chi connectivity index (χ1) is 12.1. The second-order valence-electron chi connectivity index (χ2n) is 6.16. The Kier molecular flexibility index (Phi) is 7.25. The number of aliphatic hydroxyl groups excluding tert-OH is 3. The van der Waals surface area contributed by atoms with E-state index in [0.717, 1.165) is 17.5 Å². The van der Waals surface area contributed by atoms with Crippen LogP contribution in [-0.2, 0) is 12.8 Å². The number of rotatable bonds is 9. The van der Waals surface area contributed by atoms with Crippen molar-refractivity contribution in [3.05, 3.63) is 59.2 Å². The molecule has 0 aliphatic heterocycles. The van der Waals surface area contributed by atoms with E-state index in [1.807, 2.05) is 18.2 Å². The molecular weight excluding hydrogens is 320 g/mol. The molecule has 2 rings (SSSR count). The first-order valence-corrected chi connectivity index (χ1v) is 8.43. The summed E-state index contributed by atoms with van der Waals surface area (Å²) in [6.45, 7) is -0.0209. The van der Waals surface area contributed by atoms with Crippen LogP contribution in [0, 0.1) is 5.92 Å². The van der Waals surface area contributed by atoms with Crippen molar-refractivity contribution in [3.63, 3.8) is 0 Å². The van der Waals surface area contributed by atoms with Gasteiger partial charge in [-0.05, 0) is 54.2 Å². The molecule has 0 radical (unpaired) electrons. The zero-order chi connectivity index (χ0) is 18.2. The highest BCUT2D eigenvalue weighted by Crippen LogP contribution is 2.30. The molecule has 0 bridgehead atoms. The number of aryl methyl sites for hydroxylation is 1. The summed E-state index contributed by atoms with van der Waals surface area (Å²) in [5, 5.41) is 38.6. The number of hydrogen-bond donors (Lipinski definition) is 4. The maximum atomic E-state index is 10.6. The molecule has 0 spiro atoms. The maximum Gasteiger partial charge on any atom is 0.122 e. The Morgan fingerprint density at radius 1 is 1.04 bits per heavy atom. The first-order valence-electron chi connectivity index (χ1n) is 8.43. The number of phenols is 1. The highest BCUT2D eigenvalue weighted by Gasteiger charge is 2.22. The van der Waals surface area contributed by atoms with Crippen LogP contribution in [0.1, 0.15) is 29.2 Å². The van der Waals surface area contributed by atoms with Crippen molar-refractivity contribution in [3.8, 4) is 11.5 Å². The average molecular weight is 346 g/mol. The van der Waals surface area contributed by atoms with E-state index < -0.39 is 6.10 Å². The van der Waals surface area contributed by atoms with Gasteiger partial charge in [-0.1, -0.05) is 24.3 Å². The Balaban J connectivity index is 2.15. The minimum absolute atomic E-state index is 0.136. The molecule has 5 heteroatoms. The van der Waals surface area contributed by atoms with E-state index in [-0.39, 0.29) is 24.9 Å². The van der Waals surface area contributed by atoms with Crippen LogP contribution in [0.4, 0.5) is 0 Å². The first kappa shape index (κ1) is 19.2. The van der Waals surface area contributed by atoms with Crippen molar-refractivity contribution in [2.24, 2.45) is 5.92 Å². The Morgan fingerprint density at radius 2 is 1.76 bits per heavy atom. The van der Waals surface area contributed by atoms with E-state index in [4.69, 9.17) is 9.84 Å². The molecule has 136 valence electrons. The summed E-state index contributed by atoms with van der Waals surface area (Å²) in [7, 11) is 1.60. The summed E-state index contributed by atoms with van der Waals surface area (Å²) in [6, 6.07) is 12.2. The molecule has 2 atom stereocenters. The Morgan fingerprint density at radius 3 is 2.36 bits per heavy atom. The van der Waals surface area contributed by atoms with Crippen LogP contribution in [0.5, 0.6) is 11.5 Å². The molecule has 2 aromatic carbocycles. The molecular formula is C20H26O5. The molecule has 0 fully saturated rings. The minimum Gasteiger partial charge on any atom is -0.508 e. The quantitative estimate of drug-likeness (QED) is 0.559. The van der Waals surface area contributed by atoms with Gasteiger partial charge in [0.2, 0.25) is 0 Å². The van der Waals surface area contributed by atoms with Crippen LogP contribution in [0.2, 0.25) is 0 Å². The Labute approximate surface area is 148 Å². The molecule has 0 heterocycles. The van der Waals surface area contributed by atoms with Gasteiger partial charge in [-0.15, -0.1) is 0 Å². The van der Waals surface area contributed by atoms with Gasteiger partial charge in [0.15, 0.2) is 0 Å². The van der Waals surface area contributed by atoms with Crippen LogP contribution in [-0.4, -0.2) is 40.7 Å². The molecule has 0 aliphatic rings. The fourth-order valence-electron chi connectivity index (χ4n) is 2.90. The third-order valence-electron chi connectivity index (χ3n) is 4.37. The number of benzene rings is 2. The number of aromatic hydroxyl groups is 1. The summed E-state index contributed by atoms with van der Waals surface area (Å²) >= 11 is 0. The van der Waals surface area contributed by atoms with Crippen molar-refractivity contribution >= 4 is 0 Å². The SMILES string of the molecule is COc1cc(CCCO)ccc1CC(CO)C(O)c1ccc(O)cc1. The molecule has 0 saturated heterocycles. The third-order valence-corrected chi connectivity index (χ3v) is 4.37. The van der Waals surface area contributed by atoms with Crippen molar-refractivity contribution in [2.45, 2.75) is 25.4 Å². The van der Waals surface area contributed by atoms with E-state index in [1.54, 1.807) is 19.2 Å². The predicted octanol–water partition coefficient (Wildman–Crippen LogP) is 2.21. The average Bonchev–Trinajstić information content (AvgIpc) is 2.64. The molecule has 0 saturated carbocycles. The van der Waals surface area contributed by atoms with Crippen LogP contribution in [0.25, 0.3) is 0 Å². The zero-order valence-corrected chi connectivity index (χ0v) is 14.4. The molecule has 2 aromatic rings. The summed E-state index contributed by atoms with van der Waals surface area (Å²) in [5.74, 6) is 0.463. The Hall–Kier alpha value is -2.08. The van der Waals surface area contributed by atoms with Crippen LogP contribution >= 0.6 is 0 Å². The van der Waals surface area contributed by atoms with Crippen molar-refractivity contribution in [2.75, 3.05) is 20.3 Å². The van der Waals surface area contributed by atoms with Gasteiger partial charge in [-0.3, -0.25) is 0 Å². The molecule has 0 aliphatic carbocycles. The number of aliphatic hydroxyl groups is 3. The lowest BCUT2D eigenvalue weighted by Gasteiger charge is -2.22. The largest absolute Gasteiger partial charge is 0.508 e. The second kappa shape index (κ2) is 9.42. The standard InChI is InChI=1S/C20H26O5/c1-25-19-11-14(3-2-10-21)4-5-16(19)12-17(13-22)20(24)15-6-8-18(23)9-7-15/h4-9,11,17,20-24H,2-3,10,12-13H2,1H3. The van der Waals surface area contributed by atoms with E-state index in [0.29, 0.717) is 24.2 Å². The van der Waals surface area contributed by atoms with E-state index in [2.05, 4.69) is 0 Å². The molecule has 0 amide bonds. The predicted molar refractivity (Wildman–Crippen MR) is 95.7 cm³/mol. The number of ether oxygens (including phenoxy) is 1. The van der Waals surface area contributed by atoms with E-state index >= 15 is 0 Å². The Bertz CT molecular complexity index is 654.